The molecule has 1 saturated heterocycles. The number of benzene rings is 1. The van der Waals surface area contributed by atoms with Crippen LogP contribution >= 0.6 is 25.0 Å². The minimum Gasteiger partial charge on any atom is -0.490 e. The molecular formula is C16H22BrNO3S. The van der Waals surface area contributed by atoms with E-state index in [-0.39, 0.29) is 12.2 Å². The first-order chi connectivity index (χ1) is 10.4. The molecule has 0 N–H and O–H groups in total. The lowest BCUT2D eigenvalue weighted by molar-refractivity contribution is 0.0126. The highest BCUT2D eigenvalue weighted by atomic mass is 79.9. The van der Waals surface area contributed by atoms with Crippen LogP contribution in [-0.2, 0) is 4.74 Å². The van der Waals surface area contributed by atoms with Gasteiger partial charge in [0.05, 0.1) is 0 Å². The Morgan fingerprint density at radius 3 is 2.32 bits per heavy atom. The summed E-state index contributed by atoms with van der Waals surface area (Å²) in [4.78, 5) is 14.9. The molecule has 0 saturated carbocycles. The predicted molar refractivity (Wildman–Crippen MR) is 92.7 cm³/mol. The summed E-state index contributed by atoms with van der Waals surface area (Å²) in [7, 11) is 1.53. The lowest BCUT2D eigenvalue weighted by Crippen LogP contribution is -2.44. The largest absolute Gasteiger partial charge is 0.490 e. The third-order valence-corrected chi connectivity index (χ3v) is 4.88. The molecule has 0 atom stereocenters. The fourth-order valence-corrected chi connectivity index (χ4v) is 3.13. The van der Waals surface area contributed by atoms with Gasteiger partial charge in [0.2, 0.25) is 0 Å². The van der Waals surface area contributed by atoms with Crippen LogP contribution in [-0.4, -0.2) is 35.8 Å². The van der Waals surface area contributed by atoms with Gasteiger partial charge in [-0.3, -0.25) is 0 Å². The van der Waals surface area contributed by atoms with Gasteiger partial charge in [-0.1, -0.05) is 0 Å². The molecule has 0 aliphatic carbocycles. The maximum absolute atomic E-state index is 12.0. The lowest BCUT2D eigenvalue weighted by Gasteiger charge is -2.33. The number of carbonyl (C=O) groups is 1. The summed E-state index contributed by atoms with van der Waals surface area (Å²) < 4.78 is 11.4. The summed E-state index contributed by atoms with van der Waals surface area (Å²) in [5.41, 5.74) is -0.445. The van der Waals surface area contributed by atoms with Crippen molar-refractivity contribution in [2.24, 2.45) is 0 Å². The van der Waals surface area contributed by atoms with E-state index in [0.717, 1.165) is 23.5 Å². The van der Waals surface area contributed by atoms with E-state index in [1.54, 1.807) is 4.90 Å². The van der Waals surface area contributed by atoms with E-state index < -0.39 is 5.60 Å². The smallest absolute Gasteiger partial charge is 0.410 e. The molecular weight excluding hydrogens is 366 g/mol. The van der Waals surface area contributed by atoms with Crippen LogP contribution in [0, 0.1) is 0 Å². The van der Waals surface area contributed by atoms with Crippen LogP contribution < -0.4 is 4.74 Å². The highest BCUT2D eigenvalue weighted by Gasteiger charge is 2.27. The second-order valence-electron chi connectivity index (χ2n) is 6.33. The van der Waals surface area contributed by atoms with Crippen LogP contribution in [0.1, 0.15) is 33.6 Å². The third-order valence-electron chi connectivity index (χ3n) is 3.31. The number of hydrogen-bond acceptors (Lipinski definition) is 4. The number of likely N-dealkylation sites (tertiary alicyclic amines) is 1. The van der Waals surface area contributed by atoms with Crippen LogP contribution in [0.4, 0.5) is 4.79 Å². The van der Waals surface area contributed by atoms with Crippen molar-refractivity contribution in [1.29, 1.82) is 0 Å². The van der Waals surface area contributed by atoms with Gasteiger partial charge in [-0.15, -0.1) is 0 Å². The van der Waals surface area contributed by atoms with Gasteiger partial charge in [0.1, 0.15) is 17.5 Å². The monoisotopic (exact) mass is 387 g/mol. The summed E-state index contributed by atoms with van der Waals surface area (Å²) >= 11 is 3.35. The number of piperidine rings is 1. The van der Waals surface area contributed by atoms with Gasteiger partial charge in [0.25, 0.3) is 0 Å². The zero-order valence-electron chi connectivity index (χ0n) is 13.2. The van der Waals surface area contributed by atoms with Gasteiger partial charge in [-0.25, -0.2) is 4.79 Å². The Kier molecular flexibility index (Phi) is 6.03. The topological polar surface area (TPSA) is 38.8 Å². The van der Waals surface area contributed by atoms with E-state index in [0.29, 0.717) is 13.1 Å². The molecule has 0 bridgehead atoms. The number of ether oxygens (including phenoxy) is 2. The summed E-state index contributed by atoms with van der Waals surface area (Å²) in [6.45, 7) is 7.00. The Balaban J connectivity index is 1.80. The van der Waals surface area contributed by atoms with Crippen LogP contribution in [0.2, 0.25) is 0 Å². The molecule has 4 nitrogen and oxygen atoms in total. The fraction of sp³-hybridized carbons (Fsp3) is 0.562. The SMILES string of the molecule is CC(C)(C)OC(=O)N1CCC(Oc2ccc(SBr)cc2)CC1. The van der Waals surface area contributed by atoms with Crippen LogP contribution in [0.25, 0.3) is 0 Å². The molecule has 1 amide bonds. The quantitative estimate of drug-likeness (QED) is 0.741. The molecule has 22 heavy (non-hydrogen) atoms. The molecule has 1 aliphatic heterocycles. The van der Waals surface area contributed by atoms with E-state index >= 15 is 0 Å². The van der Waals surface area contributed by atoms with Gasteiger partial charge < -0.3 is 14.4 Å². The second kappa shape index (κ2) is 7.59. The van der Waals surface area contributed by atoms with E-state index in [4.69, 9.17) is 9.47 Å². The van der Waals surface area contributed by atoms with Crippen molar-refractivity contribution in [3.8, 4) is 5.75 Å². The zero-order valence-corrected chi connectivity index (χ0v) is 15.6. The molecule has 1 aromatic carbocycles. The van der Waals surface area contributed by atoms with E-state index in [2.05, 4.69) is 14.8 Å². The lowest BCUT2D eigenvalue weighted by atomic mass is 10.1. The van der Waals surface area contributed by atoms with Gasteiger partial charge in [-0.2, -0.15) is 0 Å². The summed E-state index contributed by atoms with van der Waals surface area (Å²) in [6.07, 6.45) is 1.58. The first-order valence-electron chi connectivity index (χ1n) is 7.40. The number of halogens is 1. The maximum atomic E-state index is 12.0. The first-order valence-corrected chi connectivity index (χ1v) is 10.1. The van der Waals surface area contributed by atoms with Crippen molar-refractivity contribution in [2.75, 3.05) is 13.1 Å². The number of carbonyl (C=O) groups excluding carboxylic acids is 1. The molecule has 2 rings (SSSR count). The molecule has 6 heteroatoms. The number of hydrogen-bond donors (Lipinski definition) is 0. The fourth-order valence-electron chi connectivity index (χ4n) is 2.24. The molecule has 122 valence electrons. The van der Waals surface area contributed by atoms with Gasteiger partial charge in [0, 0.05) is 30.8 Å². The minimum absolute atomic E-state index is 0.154. The highest BCUT2D eigenvalue weighted by Crippen LogP contribution is 2.27. The van der Waals surface area contributed by atoms with E-state index in [1.165, 1.54) is 10.2 Å². The Morgan fingerprint density at radius 2 is 1.82 bits per heavy atom. The Morgan fingerprint density at radius 1 is 1.23 bits per heavy atom. The van der Waals surface area contributed by atoms with Crippen molar-refractivity contribution in [2.45, 2.75) is 50.2 Å². The highest BCUT2D eigenvalue weighted by molar-refractivity contribution is 9.50. The zero-order chi connectivity index (χ0) is 16.2. The molecule has 0 spiro atoms. The molecule has 1 aliphatic rings. The Labute approximate surface area is 143 Å². The van der Waals surface area contributed by atoms with Crippen LogP contribution in [0.5, 0.6) is 5.75 Å². The minimum atomic E-state index is -0.445. The molecule has 1 fully saturated rings. The van der Waals surface area contributed by atoms with E-state index in [1.807, 2.05) is 45.0 Å². The normalized spacial score (nSPS) is 16.5. The number of amides is 1. The molecule has 0 radical (unpaired) electrons. The summed E-state index contributed by atoms with van der Waals surface area (Å²) in [5.74, 6) is 0.876. The molecule has 0 aromatic heterocycles. The number of nitrogens with zero attached hydrogens (tertiary/aromatic N) is 1. The van der Waals surface area contributed by atoms with Crippen molar-refractivity contribution in [1.82, 2.24) is 4.90 Å². The van der Waals surface area contributed by atoms with Crippen LogP contribution in [0.15, 0.2) is 29.2 Å². The van der Waals surface area contributed by atoms with Gasteiger partial charge in [0.15, 0.2) is 0 Å². The maximum Gasteiger partial charge on any atom is 0.410 e. The van der Waals surface area contributed by atoms with Crippen molar-refractivity contribution >= 4 is 31.1 Å². The average Bonchev–Trinajstić information content (AvgIpc) is 2.47. The molecule has 0 unspecified atom stereocenters. The molecule has 1 aromatic rings. The third kappa shape index (κ3) is 5.39. The van der Waals surface area contributed by atoms with Crippen LogP contribution in [0.3, 0.4) is 0 Å². The Hall–Kier alpha value is -0.880. The van der Waals surface area contributed by atoms with Gasteiger partial charge >= 0.3 is 6.09 Å². The standard InChI is InChI=1S/C16H22BrNO3S/c1-16(2,3)21-15(19)18-10-8-13(9-11-18)20-12-4-6-14(22-17)7-5-12/h4-7,13H,8-11H2,1-3H3. The average molecular weight is 388 g/mol. The van der Waals surface area contributed by atoms with Crippen molar-refractivity contribution in [3.63, 3.8) is 0 Å². The summed E-state index contributed by atoms with van der Waals surface area (Å²) in [6, 6.07) is 7.99. The predicted octanol–water partition coefficient (Wildman–Crippen LogP) is 4.87. The van der Waals surface area contributed by atoms with Crippen molar-refractivity contribution < 1.29 is 14.3 Å². The Bertz CT molecular complexity index is 493. The van der Waals surface area contributed by atoms with E-state index in [9.17, 15) is 4.79 Å². The first kappa shape index (κ1) is 17.5. The van der Waals surface area contributed by atoms with Crippen molar-refractivity contribution in [3.05, 3.63) is 24.3 Å². The second-order valence-corrected chi connectivity index (χ2v) is 7.93. The van der Waals surface area contributed by atoms with Gasteiger partial charge in [-0.05, 0) is 70.0 Å². The number of rotatable bonds is 3. The summed E-state index contributed by atoms with van der Waals surface area (Å²) in [5, 5.41) is 0. The molecule has 1 heterocycles.